The molecular weight excluding hydrogens is 92.1 g/mol. The van der Waals surface area contributed by atoms with Gasteiger partial charge in [-0.3, -0.25) is 4.79 Å². The Balaban J connectivity index is 2.98. The molecule has 2 nitrogen and oxygen atoms in total. The van der Waals surface area contributed by atoms with Crippen LogP contribution in [0.15, 0.2) is 0 Å². The molecule has 2 heteroatoms. The van der Waals surface area contributed by atoms with Crippen LogP contribution in [0.2, 0.25) is 0 Å². The lowest BCUT2D eigenvalue weighted by atomic mass is 10.2. The molecule has 0 saturated heterocycles. The molecule has 1 unspecified atom stereocenters. The van der Waals surface area contributed by atoms with Gasteiger partial charge in [0.25, 0.3) is 0 Å². The van der Waals surface area contributed by atoms with Gasteiger partial charge in [-0.15, -0.1) is 0 Å². The second kappa shape index (κ2) is 3.81. The topological polar surface area (TPSA) is 37.3 Å². The van der Waals surface area contributed by atoms with Gasteiger partial charge in [-0.1, -0.05) is 6.92 Å². The van der Waals surface area contributed by atoms with Gasteiger partial charge >= 0.3 is 0 Å². The third-order valence-electron chi connectivity index (χ3n) is 0.790. The molecule has 0 saturated carbocycles. The maximum Gasteiger partial charge on any atom is 0.201 e. The lowest BCUT2D eigenvalue weighted by molar-refractivity contribution is 0.177. The SMILES string of the molecule is CCC(O)C[C]=O. The predicted molar refractivity (Wildman–Crippen MR) is 26.6 cm³/mol. The molecule has 0 aromatic rings. The average Bonchev–Trinajstić information content (AvgIpc) is 1.68. The molecule has 41 valence electrons. The molecule has 1 atom stereocenters. The molecule has 7 heavy (non-hydrogen) atoms. The summed E-state index contributed by atoms with van der Waals surface area (Å²) in [6.45, 7) is 1.82. The molecule has 0 aromatic carbocycles. The third-order valence-corrected chi connectivity index (χ3v) is 0.790. The van der Waals surface area contributed by atoms with Crippen molar-refractivity contribution < 1.29 is 9.90 Å². The number of carbonyl (C=O) groups excluding carboxylic acids is 1. The highest BCUT2D eigenvalue weighted by molar-refractivity contribution is 5.50. The zero-order valence-corrected chi connectivity index (χ0v) is 4.35. The van der Waals surface area contributed by atoms with E-state index < -0.39 is 6.10 Å². The molecule has 0 amide bonds. The largest absolute Gasteiger partial charge is 0.393 e. The fraction of sp³-hybridized carbons (Fsp3) is 0.800. The minimum atomic E-state index is -0.475. The van der Waals surface area contributed by atoms with Crippen molar-refractivity contribution >= 4 is 6.29 Å². The van der Waals surface area contributed by atoms with Crippen LogP contribution in [-0.2, 0) is 4.79 Å². The Morgan fingerprint density at radius 3 is 2.57 bits per heavy atom. The van der Waals surface area contributed by atoms with E-state index in [2.05, 4.69) is 0 Å². The van der Waals surface area contributed by atoms with Gasteiger partial charge in [0.05, 0.1) is 6.10 Å². The van der Waals surface area contributed by atoms with E-state index in [4.69, 9.17) is 5.11 Å². The summed E-state index contributed by atoms with van der Waals surface area (Å²) in [6.07, 6.45) is 1.93. The van der Waals surface area contributed by atoms with Gasteiger partial charge in [-0.05, 0) is 6.42 Å². The van der Waals surface area contributed by atoms with Crippen LogP contribution in [0, 0.1) is 0 Å². The van der Waals surface area contributed by atoms with Crippen molar-refractivity contribution in [2.75, 3.05) is 0 Å². The maximum atomic E-state index is 9.49. The van der Waals surface area contributed by atoms with E-state index in [1.54, 1.807) is 6.29 Å². The quantitative estimate of drug-likeness (QED) is 0.553. The van der Waals surface area contributed by atoms with Crippen LogP contribution in [0.25, 0.3) is 0 Å². The van der Waals surface area contributed by atoms with E-state index in [1.165, 1.54) is 0 Å². The Kier molecular flexibility index (Phi) is 3.61. The number of hydrogen-bond acceptors (Lipinski definition) is 2. The average molecular weight is 101 g/mol. The lowest BCUT2D eigenvalue weighted by Gasteiger charge is -1.96. The van der Waals surface area contributed by atoms with Crippen molar-refractivity contribution in [1.29, 1.82) is 0 Å². The van der Waals surface area contributed by atoms with Gasteiger partial charge in [-0.2, -0.15) is 0 Å². The summed E-state index contributed by atoms with van der Waals surface area (Å²) in [4.78, 5) is 9.49. The summed E-state index contributed by atoms with van der Waals surface area (Å²) < 4.78 is 0. The summed E-state index contributed by atoms with van der Waals surface area (Å²) in [5.41, 5.74) is 0. The van der Waals surface area contributed by atoms with Crippen molar-refractivity contribution in [3.63, 3.8) is 0 Å². The van der Waals surface area contributed by atoms with Crippen LogP contribution in [0.4, 0.5) is 0 Å². The highest BCUT2D eigenvalue weighted by Crippen LogP contribution is 1.90. The Labute approximate surface area is 43.2 Å². The Hall–Kier alpha value is -0.370. The first-order valence-corrected chi connectivity index (χ1v) is 2.34. The zero-order valence-electron chi connectivity index (χ0n) is 4.35. The molecule has 1 radical (unpaired) electrons. The first kappa shape index (κ1) is 6.63. The normalized spacial score (nSPS) is 13.4. The van der Waals surface area contributed by atoms with Gasteiger partial charge < -0.3 is 5.11 Å². The van der Waals surface area contributed by atoms with Crippen LogP contribution in [0.1, 0.15) is 19.8 Å². The smallest absolute Gasteiger partial charge is 0.201 e. The zero-order chi connectivity index (χ0) is 5.70. The second-order valence-electron chi connectivity index (χ2n) is 1.41. The Morgan fingerprint density at radius 2 is 2.43 bits per heavy atom. The minimum absolute atomic E-state index is 0.149. The molecule has 0 fully saturated rings. The summed E-state index contributed by atoms with van der Waals surface area (Å²) in [5.74, 6) is 0. The summed E-state index contributed by atoms with van der Waals surface area (Å²) in [6, 6.07) is 0. The highest BCUT2D eigenvalue weighted by Gasteiger charge is 1.96. The van der Waals surface area contributed by atoms with Crippen molar-refractivity contribution in [2.24, 2.45) is 0 Å². The standard InChI is InChI=1S/C5H9O2/c1-2-5(7)3-4-6/h5,7H,2-3H2,1H3. The van der Waals surface area contributed by atoms with Crippen LogP contribution in [0.5, 0.6) is 0 Å². The minimum Gasteiger partial charge on any atom is -0.393 e. The molecule has 0 aliphatic carbocycles. The van der Waals surface area contributed by atoms with E-state index in [9.17, 15) is 4.79 Å². The lowest BCUT2D eigenvalue weighted by Crippen LogP contribution is -2.03. The Bertz CT molecular complexity index is 52.0. The highest BCUT2D eigenvalue weighted by atomic mass is 16.3. The van der Waals surface area contributed by atoms with Gasteiger partial charge in [0.1, 0.15) is 0 Å². The monoisotopic (exact) mass is 101 g/mol. The summed E-state index contributed by atoms with van der Waals surface area (Å²) >= 11 is 0. The molecule has 0 bridgehead atoms. The van der Waals surface area contributed by atoms with Crippen molar-refractivity contribution in [3.05, 3.63) is 0 Å². The molecule has 0 aliphatic heterocycles. The van der Waals surface area contributed by atoms with E-state index in [0.717, 1.165) is 0 Å². The first-order chi connectivity index (χ1) is 3.31. The van der Waals surface area contributed by atoms with Crippen LogP contribution in [0.3, 0.4) is 0 Å². The molecule has 0 spiro atoms. The number of aliphatic hydroxyl groups is 1. The molecule has 0 aliphatic rings. The van der Waals surface area contributed by atoms with Crippen molar-refractivity contribution in [3.8, 4) is 0 Å². The van der Waals surface area contributed by atoms with Gasteiger partial charge in [0.2, 0.25) is 6.29 Å². The van der Waals surface area contributed by atoms with E-state index >= 15 is 0 Å². The summed E-state index contributed by atoms with van der Waals surface area (Å²) in [7, 11) is 0. The van der Waals surface area contributed by atoms with Gasteiger partial charge in [-0.25, -0.2) is 0 Å². The Morgan fingerprint density at radius 1 is 1.86 bits per heavy atom. The molecule has 0 rings (SSSR count). The van der Waals surface area contributed by atoms with E-state index in [1.807, 2.05) is 6.92 Å². The van der Waals surface area contributed by atoms with Crippen LogP contribution >= 0.6 is 0 Å². The van der Waals surface area contributed by atoms with Crippen LogP contribution in [-0.4, -0.2) is 17.5 Å². The molecular formula is C5H9O2. The molecule has 0 heterocycles. The van der Waals surface area contributed by atoms with Gasteiger partial charge in [0, 0.05) is 6.42 Å². The van der Waals surface area contributed by atoms with Crippen LogP contribution < -0.4 is 0 Å². The number of aliphatic hydroxyl groups excluding tert-OH is 1. The first-order valence-electron chi connectivity index (χ1n) is 2.34. The number of rotatable bonds is 3. The number of hydrogen-bond donors (Lipinski definition) is 1. The van der Waals surface area contributed by atoms with Gasteiger partial charge in [0.15, 0.2) is 0 Å². The maximum absolute atomic E-state index is 9.49. The second-order valence-corrected chi connectivity index (χ2v) is 1.41. The predicted octanol–water partition coefficient (Wildman–Crippen LogP) is 0.257. The van der Waals surface area contributed by atoms with E-state index in [0.29, 0.717) is 6.42 Å². The molecule has 1 N–H and O–H groups in total. The summed E-state index contributed by atoms with van der Waals surface area (Å²) in [5, 5.41) is 8.60. The third kappa shape index (κ3) is 3.46. The molecule has 0 aromatic heterocycles. The van der Waals surface area contributed by atoms with Crippen molar-refractivity contribution in [2.45, 2.75) is 25.9 Å². The van der Waals surface area contributed by atoms with E-state index in [-0.39, 0.29) is 6.42 Å². The fourth-order valence-electron chi connectivity index (χ4n) is 0.241. The van der Waals surface area contributed by atoms with Crippen molar-refractivity contribution in [1.82, 2.24) is 0 Å². The fourth-order valence-corrected chi connectivity index (χ4v) is 0.241.